The first kappa shape index (κ1) is 31.4. The van der Waals surface area contributed by atoms with Gasteiger partial charge in [0.25, 0.3) is 0 Å². The number of rotatable bonds is 17. The standard InChI is InChI=1S/C30H40N8O2S2/c1-5-37(27-11-7-25(8-12-27)31-33-29-35(3)17-23-41-29)15-19-39-21-22-40-20-16-38(6-2)28-13-9-26(10-14-28)32-34-30-36(4)18-24-42-30/h7-14,17-18,23-24H,5-6,15-16,19-22H2,1-4H3/q+2. The zero-order valence-electron chi connectivity index (χ0n) is 24.8. The molecule has 0 saturated heterocycles. The summed E-state index contributed by atoms with van der Waals surface area (Å²) in [4.78, 5) is 4.57. The van der Waals surface area contributed by atoms with Gasteiger partial charge in [0, 0.05) is 48.3 Å². The first-order valence-electron chi connectivity index (χ1n) is 14.1. The predicted molar refractivity (Wildman–Crippen MR) is 170 cm³/mol. The van der Waals surface area contributed by atoms with Gasteiger partial charge in [0.15, 0.2) is 0 Å². The quantitative estimate of drug-likeness (QED) is 0.0761. The van der Waals surface area contributed by atoms with Gasteiger partial charge in [0.05, 0.1) is 50.8 Å². The van der Waals surface area contributed by atoms with Crippen LogP contribution in [-0.4, -0.2) is 52.6 Å². The third kappa shape index (κ3) is 9.48. The van der Waals surface area contributed by atoms with Gasteiger partial charge in [-0.3, -0.25) is 0 Å². The Morgan fingerprint density at radius 3 is 1.33 bits per heavy atom. The molecule has 0 aliphatic rings. The summed E-state index contributed by atoms with van der Waals surface area (Å²) in [6, 6.07) is 16.3. The van der Waals surface area contributed by atoms with Crippen LogP contribution in [0.2, 0.25) is 0 Å². The molecule has 0 amide bonds. The van der Waals surface area contributed by atoms with E-state index in [4.69, 9.17) is 9.47 Å². The fraction of sp³-hybridized carbons (Fsp3) is 0.400. The fourth-order valence-corrected chi connectivity index (χ4v) is 5.48. The molecule has 0 atom stereocenters. The molecule has 42 heavy (non-hydrogen) atoms. The van der Waals surface area contributed by atoms with Crippen molar-refractivity contribution < 1.29 is 18.6 Å². The van der Waals surface area contributed by atoms with E-state index in [1.807, 2.05) is 70.6 Å². The van der Waals surface area contributed by atoms with Crippen LogP contribution in [0.15, 0.2) is 92.1 Å². The van der Waals surface area contributed by atoms with Crippen LogP contribution in [0.4, 0.5) is 33.0 Å². The Labute approximate surface area is 256 Å². The highest BCUT2D eigenvalue weighted by molar-refractivity contribution is 7.13. The smallest absolute Gasteiger partial charge is 0.377 e. The number of thiazole rings is 2. The van der Waals surface area contributed by atoms with E-state index in [1.165, 1.54) is 0 Å². The molecule has 2 heterocycles. The molecule has 10 nitrogen and oxygen atoms in total. The van der Waals surface area contributed by atoms with Crippen molar-refractivity contribution in [2.75, 3.05) is 62.4 Å². The summed E-state index contributed by atoms with van der Waals surface area (Å²) in [5.41, 5.74) is 3.96. The Kier molecular flexibility index (Phi) is 12.5. The van der Waals surface area contributed by atoms with Gasteiger partial charge >= 0.3 is 10.3 Å². The molecule has 0 unspecified atom stereocenters. The molecule has 12 heteroatoms. The van der Waals surface area contributed by atoms with Gasteiger partial charge < -0.3 is 19.3 Å². The Hall–Kier alpha value is -3.58. The first-order chi connectivity index (χ1) is 20.6. The maximum absolute atomic E-state index is 5.86. The van der Waals surface area contributed by atoms with Crippen molar-refractivity contribution in [3.63, 3.8) is 0 Å². The fourth-order valence-electron chi connectivity index (χ4n) is 4.12. The van der Waals surface area contributed by atoms with Crippen molar-refractivity contribution in [1.82, 2.24) is 0 Å². The molecule has 0 bridgehead atoms. The summed E-state index contributed by atoms with van der Waals surface area (Å²) in [6.45, 7) is 10.2. The van der Waals surface area contributed by atoms with Gasteiger partial charge in [-0.15, -0.1) is 0 Å². The number of benzene rings is 2. The van der Waals surface area contributed by atoms with E-state index in [1.54, 1.807) is 22.7 Å². The summed E-state index contributed by atoms with van der Waals surface area (Å²) in [6.07, 6.45) is 3.94. The molecule has 2 aromatic carbocycles. The highest BCUT2D eigenvalue weighted by Crippen LogP contribution is 2.24. The average Bonchev–Trinajstić information content (AvgIpc) is 3.63. The minimum absolute atomic E-state index is 0.574. The second-order valence-electron chi connectivity index (χ2n) is 9.41. The van der Waals surface area contributed by atoms with Gasteiger partial charge in [-0.2, -0.15) is 0 Å². The van der Waals surface area contributed by atoms with E-state index in [2.05, 4.69) is 68.4 Å². The lowest BCUT2D eigenvalue weighted by atomic mass is 10.2. The Balaban J connectivity index is 1.11. The molecule has 2 aromatic heterocycles. The van der Waals surface area contributed by atoms with Crippen molar-refractivity contribution >= 4 is 55.7 Å². The largest absolute Gasteiger partial charge is 0.408 e. The summed E-state index contributed by atoms with van der Waals surface area (Å²) < 4.78 is 15.6. The van der Waals surface area contributed by atoms with Crippen LogP contribution in [-0.2, 0) is 23.6 Å². The molecule has 0 aliphatic carbocycles. The van der Waals surface area contributed by atoms with E-state index in [-0.39, 0.29) is 0 Å². The first-order valence-corrected chi connectivity index (χ1v) is 15.9. The minimum atomic E-state index is 0.574. The van der Waals surface area contributed by atoms with Crippen LogP contribution in [0.25, 0.3) is 0 Å². The van der Waals surface area contributed by atoms with Crippen LogP contribution in [0.5, 0.6) is 0 Å². The van der Waals surface area contributed by atoms with Crippen molar-refractivity contribution in [2.45, 2.75) is 13.8 Å². The second-order valence-corrected chi connectivity index (χ2v) is 11.2. The predicted octanol–water partition coefficient (Wildman–Crippen LogP) is 6.68. The van der Waals surface area contributed by atoms with E-state index in [0.29, 0.717) is 26.4 Å². The van der Waals surface area contributed by atoms with Crippen LogP contribution in [0.1, 0.15) is 13.8 Å². The van der Waals surface area contributed by atoms with Crippen LogP contribution in [0, 0.1) is 0 Å². The van der Waals surface area contributed by atoms with Crippen molar-refractivity contribution in [3.05, 3.63) is 71.7 Å². The number of anilines is 2. The summed E-state index contributed by atoms with van der Waals surface area (Å²) in [5, 5.41) is 23.1. The molecule has 0 aliphatic heterocycles. The van der Waals surface area contributed by atoms with Crippen LogP contribution >= 0.6 is 22.7 Å². The molecule has 0 saturated carbocycles. The molecule has 4 aromatic rings. The lowest BCUT2D eigenvalue weighted by Gasteiger charge is -2.23. The molecule has 222 valence electrons. The lowest BCUT2D eigenvalue weighted by Crippen LogP contribution is -2.28. The highest BCUT2D eigenvalue weighted by atomic mass is 32.1. The number of ether oxygens (including phenoxy) is 2. The van der Waals surface area contributed by atoms with Gasteiger partial charge in [-0.1, -0.05) is 0 Å². The molecule has 4 rings (SSSR count). The van der Waals surface area contributed by atoms with Crippen LogP contribution in [0.3, 0.4) is 0 Å². The van der Waals surface area contributed by atoms with E-state index in [0.717, 1.165) is 59.2 Å². The number of nitrogens with zero attached hydrogens (tertiary/aromatic N) is 8. The highest BCUT2D eigenvalue weighted by Gasteiger charge is 2.10. The number of hydrogen-bond acceptors (Lipinski definition) is 10. The number of likely N-dealkylation sites (N-methyl/N-ethyl adjacent to an activating group) is 2. The molecular formula is C30H40N8O2S2+2. The Bertz CT molecular complexity index is 1300. The lowest BCUT2D eigenvalue weighted by molar-refractivity contribution is -0.654. The second kappa shape index (κ2) is 16.8. The van der Waals surface area contributed by atoms with E-state index >= 15 is 0 Å². The van der Waals surface area contributed by atoms with Crippen molar-refractivity contribution in [1.29, 1.82) is 0 Å². The third-order valence-corrected chi connectivity index (χ3v) is 8.27. The SMILES string of the molecule is CCN(CCOCCOCCN(CC)c1ccc(N=Nc2scc[n+]2C)cc1)c1ccc(N=Nc2scc[n+]2C)cc1. The van der Waals surface area contributed by atoms with Gasteiger partial charge in [-0.25, -0.2) is 9.13 Å². The molecule has 0 fully saturated rings. The van der Waals surface area contributed by atoms with Crippen LogP contribution < -0.4 is 18.9 Å². The van der Waals surface area contributed by atoms with Gasteiger partial charge in [-0.05, 0) is 95.3 Å². The van der Waals surface area contributed by atoms with Gasteiger partial charge in [0.2, 0.25) is 0 Å². The molecule has 0 N–H and O–H groups in total. The topological polar surface area (TPSA) is 82.1 Å². The molecule has 0 spiro atoms. The van der Waals surface area contributed by atoms with Crippen molar-refractivity contribution in [2.24, 2.45) is 34.6 Å². The maximum atomic E-state index is 5.86. The zero-order valence-corrected chi connectivity index (χ0v) is 26.4. The number of aromatic nitrogens is 2. The number of azo groups is 2. The van der Waals surface area contributed by atoms with Crippen molar-refractivity contribution in [3.8, 4) is 0 Å². The van der Waals surface area contributed by atoms with E-state index < -0.39 is 0 Å². The Morgan fingerprint density at radius 1 is 0.595 bits per heavy atom. The average molecular weight is 609 g/mol. The zero-order chi connectivity index (χ0) is 29.6. The minimum Gasteiger partial charge on any atom is -0.377 e. The number of aryl methyl sites for hydroxylation is 2. The molecule has 0 radical (unpaired) electrons. The summed E-state index contributed by atoms with van der Waals surface area (Å²) in [5.74, 6) is 0. The summed E-state index contributed by atoms with van der Waals surface area (Å²) >= 11 is 3.13. The maximum Gasteiger partial charge on any atom is 0.408 e. The molecular weight excluding hydrogens is 569 g/mol. The number of hydrogen-bond donors (Lipinski definition) is 0. The third-order valence-electron chi connectivity index (χ3n) is 6.60. The monoisotopic (exact) mass is 608 g/mol. The van der Waals surface area contributed by atoms with Gasteiger partial charge in [0.1, 0.15) is 23.8 Å². The Morgan fingerprint density at radius 2 is 1.00 bits per heavy atom. The van der Waals surface area contributed by atoms with E-state index in [9.17, 15) is 0 Å². The normalized spacial score (nSPS) is 11.6. The summed E-state index contributed by atoms with van der Waals surface area (Å²) in [7, 11) is 3.93.